The quantitative estimate of drug-likeness (QED) is 0.785. The molecule has 0 bridgehead atoms. The standard InChI is InChI=1S/C10H13F2NO3/c1-14-7-4-6(5-13-16-3)8(11)10(15-2)9(7)12/h4,13H,5H2,1-3H3. The minimum absolute atomic E-state index is 0.0776. The Bertz CT molecular complexity index is 372. The van der Waals surface area contributed by atoms with E-state index in [1.165, 1.54) is 27.4 Å². The summed E-state index contributed by atoms with van der Waals surface area (Å²) in [4.78, 5) is 4.59. The van der Waals surface area contributed by atoms with Crippen LogP contribution < -0.4 is 15.0 Å². The number of halogens is 2. The maximum absolute atomic E-state index is 13.7. The SMILES string of the molecule is CONCc1cc(OC)c(F)c(OC)c1F. The Labute approximate surface area is 92.1 Å². The summed E-state index contributed by atoms with van der Waals surface area (Å²) in [6.45, 7) is 0.0787. The summed E-state index contributed by atoms with van der Waals surface area (Å²) in [5, 5.41) is 0. The van der Waals surface area contributed by atoms with Crippen LogP contribution in [0.25, 0.3) is 0 Å². The third-order valence-electron chi connectivity index (χ3n) is 2.03. The Morgan fingerprint density at radius 3 is 2.31 bits per heavy atom. The van der Waals surface area contributed by atoms with Crippen molar-refractivity contribution in [2.24, 2.45) is 0 Å². The van der Waals surface area contributed by atoms with E-state index >= 15 is 0 Å². The Balaban J connectivity index is 3.18. The third kappa shape index (κ3) is 2.40. The van der Waals surface area contributed by atoms with Gasteiger partial charge in [-0.15, -0.1) is 0 Å². The summed E-state index contributed by atoms with van der Waals surface area (Å²) in [5.74, 6) is -2.17. The molecule has 0 saturated heterocycles. The third-order valence-corrected chi connectivity index (χ3v) is 2.03. The summed E-state index contributed by atoms with van der Waals surface area (Å²) in [5.41, 5.74) is 2.65. The molecule has 0 spiro atoms. The normalized spacial score (nSPS) is 10.3. The monoisotopic (exact) mass is 233 g/mol. The van der Waals surface area contributed by atoms with E-state index < -0.39 is 17.4 Å². The summed E-state index contributed by atoms with van der Waals surface area (Å²) in [6.07, 6.45) is 0. The van der Waals surface area contributed by atoms with Gasteiger partial charge in [-0.25, -0.2) is 4.39 Å². The van der Waals surface area contributed by atoms with Crippen LogP contribution >= 0.6 is 0 Å². The van der Waals surface area contributed by atoms with Crippen molar-refractivity contribution in [3.8, 4) is 11.5 Å². The predicted octanol–water partition coefficient (Wildman–Crippen LogP) is 1.63. The second kappa shape index (κ2) is 5.62. The molecule has 0 aliphatic carbocycles. The molecule has 0 aromatic heterocycles. The zero-order chi connectivity index (χ0) is 12.1. The molecule has 1 N–H and O–H groups in total. The maximum atomic E-state index is 13.7. The lowest BCUT2D eigenvalue weighted by molar-refractivity contribution is 0.0857. The molecule has 6 heteroatoms. The smallest absolute Gasteiger partial charge is 0.209 e. The molecule has 0 amide bonds. The van der Waals surface area contributed by atoms with E-state index in [4.69, 9.17) is 4.74 Å². The molecule has 16 heavy (non-hydrogen) atoms. The molecule has 1 rings (SSSR count). The van der Waals surface area contributed by atoms with Crippen molar-refractivity contribution in [2.45, 2.75) is 6.54 Å². The van der Waals surface area contributed by atoms with Crippen LogP contribution in [0.2, 0.25) is 0 Å². The lowest BCUT2D eigenvalue weighted by Crippen LogP contribution is -2.13. The fourth-order valence-electron chi connectivity index (χ4n) is 1.25. The highest BCUT2D eigenvalue weighted by Crippen LogP contribution is 2.32. The molecule has 4 nitrogen and oxygen atoms in total. The molecule has 90 valence electrons. The highest BCUT2D eigenvalue weighted by molar-refractivity contribution is 5.42. The highest BCUT2D eigenvalue weighted by Gasteiger charge is 2.19. The van der Waals surface area contributed by atoms with Crippen molar-refractivity contribution in [2.75, 3.05) is 21.3 Å². The topological polar surface area (TPSA) is 39.7 Å². The predicted molar refractivity (Wildman–Crippen MR) is 53.3 cm³/mol. The van der Waals surface area contributed by atoms with E-state index in [9.17, 15) is 8.78 Å². The zero-order valence-electron chi connectivity index (χ0n) is 9.27. The van der Waals surface area contributed by atoms with Gasteiger partial charge in [0, 0.05) is 12.1 Å². The van der Waals surface area contributed by atoms with Crippen LogP contribution in [-0.2, 0) is 11.4 Å². The van der Waals surface area contributed by atoms with Gasteiger partial charge in [-0.3, -0.25) is 0 Å². The fraction of sp³-hybridized carbons (Fsp3) is 0.400. The van der Waals surface area contributed by atoms with Crippen LogP contribution in [0.5, 0.6) is 11.5 Å². The molecule has 0 radical (unpaired) electrons. The number of nitrogens with one attached hydrogen (secondary N) is 1. The summed E-state index contributed by atoms with van der Waals surface area (Å²) < 4.78 is 36.6. The molecule has 0 fully saturated rings. The van der Waals surface area contributed by atoms with E-state index in [0.29, 0.717) is 0 Å². The summed E-state index contributed by atoms with van der Waals surface area (Å²) >= 11 is 0. The molecule has 0 aliphatic rings. The lowest BCUT2D eigenvalue weighted by Gasteiger charge is -2.12. The van der Waals surface area contributed by atoms with E-state index in [0.717, 1.165) is 0 Å². The highest BCUT2D eigenvalue weighted by atomic mass is 19.1. The van der Waals surface area contributed by atoms with Crippen molar-refractivity contribution in [1.82, 2.24) is 5.48 Å². The summed E-state index contributed by atoms with van der Waals surface area (Å²) in [6, 6.07) is 1.25. The van der Waals surface area contributed by atoms with E-state index in [-0.39, 0.29) is 17.9 Å². The fourth-order valence-corrected chi connectivity index (χ4v) is 1.25. The average Bonchev–Trinajstić information content (AvgIpc) is 2.29. The minimum atomic E-state index is -0.858. The molecule has 0 unspecified atom stereocenters. The van der Waals surface area contributed by atoms with E-state index in [2.05, 4.69) is 15.1 Å². The largest absolute Gasteiger partial charge is 0.494 e. The van der Waals surface area contributed by atoms with E-state index in [1.54, 1.807) is 0 Å². The van der Waals surface area contributed by atoms with Crippen LogP contribution in [0, 0.1) is 11.6 Å². The van der Waals surface area contributed by atoms with Crippen molar-refractivity contribution >= 4 is 0 Å². The number of rotatable bonds is 5. The first-order valence-corrected chi connectivity index (χ1v) is 4.50. The Kier molecular flexibility index (Phi) is 4.45. The van der Waals surface area contributed by atoms with Crippen molar-refractivity contribution in [3.63, 3.8) is 0 Å². The molecule has 0 atom stereocenters. The number of hydrogen-bond acceptors (Lipinski definition) is 4. The minimum Gasteiger partial charge on any atom is -0.494 e. The number of ether oxygens (including phenoxy) is 2. The average molecular weight is 233 g/mol. The molecule has 0 heterocycles. The Hall–Kier alpha value is -1.40. The molecular formula is C10H13F2NO3. The van der Waals surface area contributed by atoms with Crippen molar-refractivity contribution < 1.29 is 23.1 Å². The van der Waals surface area contributed by atoms with Gasteiger partial charge in [-0.2, -0.15) is 9.87 Å². The van der Waals surface area contributed by atoms with Gasteiger partial charge < -0.3 is 14.3 Å². The number of methoxy groups -OCH3 is 2. The van der Waals surface area contributed by atoms with Gasteiger partial charge >= 0.3 is 0 Å². The molecule has 1 aromatic carbocycles. The number of hydrogen-bond donors (Lipinski definition) is 1. The van der Waals surface area contributed by atoms with Crippen LogP contribution in [0.1, 0.15) is 5.56 Å². The van der Waals surface area contributed by atoms with Gasteiger partial charge in [0.15, 0.2) is 17.3 Å². The second-order valence-corrected chi connectivity index (χ2v) is 2.92. The first-order valence-electron chi connectivity index (χ1n) is 4.50. The first-order chi connectivity index (χ1) is 7.65. The second-order valence-electron chi connectivity index (χ2n) is 2.92. The van der Waals surface area contributed by atoms with Crippen molar-refractivity contribution in [1.29, 1.82) is 0 Å². The van der Waals surface area contributed by atoms with Gasteiger partial charge in [-0.1, -0.05) is 0 Å². The molecular weight excluding hydrogens is 220 g/mol. The first kappa shape index (κ1) is 12.7. The van der Waals surface area contributed by atoms with Gasteiger partial charge in [0.05, 0.1) is 21.3 Å². The van der Waals surface area contributed by atoms with Crippen LogP contribution in [0.15, 0.2) is 6.07 Å². The zero-order valence-corrected chi connectivity index (χ0v) is 9.27. The number of hydroxylamine groups is 1. The number of benzene rings is 1. The van der Waals surface area contributed by atoms with Gasteiger partial charge in [0.2, 0.25) is 5.82 Å². The summed E-state index contributed by atoms with van der Waals surface area (Å²) in [7, 11) is 3.88. The molecule has 0 aliphatic heterocycles. The van der Waals surface area contributed by atoms with Gasteiger partial charge in [0.1, 0.15) is 0 Å². The van der Waals surface area contributed by atoms with Gasteiger partial charge in [0.25, 0.3) is 0 Å². The van der Waals surface area contributed by atoms with Crippen LogP contribution in [-0.4, -0.2) is 21.3 Å². The van der Waals surface area contributed by atoms with Crippen LogP contribution in [0.3, 0.4) is 0 Å². The Morgan fingerprint density at radius 1 is 1.12 bits per heavy atom. The van der Waals surface area contributed by atoms with Gasteiger partial charge in [-0.05, 0) is 6.07 Å². The van der Waals surface area contributed by atoms with E-state index in [1.807, 2.05) is 0 Å². The van der Waals surface area contributed by atoms with Crippen LogP contribution in [0.4, 0.5) is 8.78 Å². The lowest BCUT2D eigenvalue weighted by atomic mass is 10.1. The molecule has 0 saturated carbocycles. The van der Waals surface area contributed by atoms with Crippen molar-refractivity contribution in [3.05, 3.63) is 23.3 Å². The molecule has 1 aromatic rings. The maximum Gasteiger partial charge on any atom is 0.209 e. The Morgan fingerprint density at radius 2 is 1.81 bits per heavy atom.